The third-order valence-electron chi connectivity index (χ3n) is 4.95. The smallest absolute Gasteiger partial charge is 0.273 e. The number of nitrogens with zero attached hydrogens (tertiary/aromatic N) is 2. The van der Waals surface area contributed by atoms with Gasteiger partial charge in [-0.05, 0) is 38.7 Å². The van der Waals surface area contributed by atoms with Gasteiger partial charge in [0.05, 0.1) is 20.3 Å². The van der Waals surface area contributed by atoms with E-state index in [4.69, 9.17) is 14.0 Å². The summed E-state index contributed by atoms with van der Waals surface area (Å²) in [5, 5.41) is 6.87. The minimum absolute atomic E-state index is 0.0581. The summed E-state index contributed by atoms with van der Waals surface area (Å²) in [5.41, 5.74) is 3.28. The highest BCUT2D eigenvalue weighted by atomic mass is 16.5. The van der Waals surface area contributed by atoms with E-state index in [-0.39, 0.29) is 17.6 Å². The summed E-state index contributed by atoms with van der Waals surface area (Å²) >= 11 is 0. The highest BCUT2D eigenvalue weighted by molar-refractivity contribution is 5.93. The first-order valence-corrected chi connectivity index (χ1v) is 9.63. The van der Waals surface area contributed by atoms with Crippen LogP contribution in [0.1, 0.15) is 27.7 Å². The van der Waals surface area contributed by atoms with Crippen LogP contribution < -0.4 is 14.8 Å². The first-order valence-electron chi connectivity index (χ1n) is 9.63. The Morgan fingerprint density at radius 3 is 2.40 bits per heavy atom. The number of rotatable bonds is 8. The topological polar surface area (TPSA) is 76.8 Å². The molecule has 2 aromatic carbocycles. The van der Waals surface area contributed by atoms with Gasteiger partial charge in [-0.25, -0.2) is 0 Å². The van der Waals surface area contributed by atoms with Crippen LogP contribution in [0.2, 0.25) is 0 Å². The molecule has 0 fully saturated rings. The number of aromatic nitrogens is 1. The number of hydrogen-bond donors (Lipinski definition) is 1. The third kappa shape index (κ3) is 4.80. The zero-order chi connectivity index (χ0) is 21.7. The van der Waals surface area contributed by atoms with E-state index in [1.165, 1.54) is 0 Å². The number of likely N-dealkylation sites (N-methyl/N-ethyl adjacent to an activating group) is 1. The van der Waals surface area contributed by atoms with Gasteiger partial charge in [0.25, 0.3) is 5.91 Å². The average molecular weight is 409 g/mol. The zero-order valence-electron chi connectivity index (χ0n) is 17.9. The van der Waals surface area contributed by atoms with E-state index in [1.54, 1.807) is 20.3 Å². The molecule has 3 rings (SSSR count). The van der Waals surface area contributed by atoms with Crippen molar-refractivity contribution < 1.29 is 18.8 Å². The molecule has 0 unspecified atom stereocenters. The van der Waals surface area contributed by atoms with E-state index in [0.717, 1.165) is 16.7 Å². The van der Waals surface area contributed by atoms with Crippen LogP contribution in [0.3, 0.4) is 0 Å². The predicted molar refractivity (Wildman–Crippen MR) is 115 cm³/mol. The second-order valence-corrected chi connectivity index (χ2v) is 7.25. The zero-order valence-corrected chi connectivity index (χ0v) is 17.9. The molecule has 7 heteroatoms. The number of hydrogen-bond acceptors (Lipinski definition) is 6. The standard InChI is InChI=1S/C23H27N3O4/c1-15-6-8-16(9-7-15)21-13-18(25-30-21)23(27)24-14-19(26(2)3)17-10-11-20(28-4)22(12-17)29-5/h6-13,19H,14H2,1-5H3,(H,24,27)/t19-/m0/s1. The van der Waals surface area contributed by atoms with Crippen LogP contribution >= 0.6 is 0 Å². The lowest BCUT2D eigenvalue weighted by Crippen LogP contribution is -2.34. The summed E-state index contributed by atoms with van der Waals surface area (Å²) in [7, 11) is 7.12. The van der Waals surface area contributed by atoms with Gasteiger partial charge in [0.1, 0.15) is 0 Å². The molecular weight excluding hydrogens is 382 g/mol. The number of nitrogens with one attached hydrogen (secondary N) is 1. The molecule has 0 spiro atoms. The maximum absolute atomic E-state index is 12.6. The van der Waals surface area contributed by atoms with E-state index >= 15 is 0 Å². The second kappa shape index (κ2) is 9.45. The molecule has 3 aromatic rings. The van der Waals surface area contributed by atoms with E-state index in [1.807, 2.05) is 68.4 Å². The van der Waals surface area contributed by atoms with E-state index in [2.05, 4.69) is 10.5 Å². The molecule has 1 amide bonds. The van der Waals surface area contributed by atoms with Gasteiger partial charge in [0.2, 0.25) is 0 Å². The summed E-state index contributed by atoms with van der Waals surface area (Å²) in [4.78, 5) is 14.7. The van der Waals surface area contributed by atoms with Crippen molar-refractivity contribution in [2.45, 2.75) is 13.0 Å². The Bertz CT molecular complexity index is 996. The van der Waals surface area contributed by atoms with Crippen molar-refractivity contribution >= 4 is 5.91 Å². The fourth-order valence-corrected chi connectivity index (χ4v) is 3.17. The van der Waals surface area contributed by atoms with Crippen LogP contribution in [0.25, 0.3) is 11.3 Å². The molecule has 1 N–H and O–H groups in total. The molecule has 0 saturated carbocycles. The summed E-state index contributed by atoms with van der Waals surface area (Å²) in [5.74, 6) is 1.58. The molecular formula is C23H27N3O4. The lowest BCUT2D eigenvalue weighted by molar-refractivity contribution is 0.0933. The number of benzene rings is 2. The molecule has 30 heavy (non-hydrogen) atoms. The van der Waals surface area contributed by atoms with Gasteiger partial charge >= 0.3 is 0 Å². The van der Waals surface area contributed by atoms with Crippen LogP contribution in [-0.2, 0) is 0 Å². The predicted octanol–water partition coefficient (Wildman–Crippen LogP) is 3.70. The molecule has 0 bridgehead atoms. The minimum atomic E-state index is -0.288. The SMILES string of the molecule is COc1ccc([C@H](CNC(=O)c2cc(-c3ccc(C)cc3)on2)N(C)C)cc1OC. The second-order valence-electron chi connectivity index (χ2n) is 7.25. The highest BCUT2D eigenvalue weighted by Crippen LogP contribution is 2.31. The Morgan fingerprint density at radius 1 is 1.07 bits per heavy atom. The lowest BCUT2D eigenvalue weighted by Gasteiger charge is -2.25. The van der Waals surface area contributed by atoms with Crippen LogP contribution in [0, 0.1) is 6.92 Å². The Balaban J connectivity index is 1.71. The fraction of sp³-hybridized carbons (Fsp3) is 0.304. The molecule has 7 nitrogen and oxygen atoms in total. The molecule has 0 saturated heterocycles. The minimum Gasteiger partial charge on any atom is -0.493 e. The van der Waals surface area contributed by atoms with Gasteiger partial charge in [-0.2, -0.15) is 0 Å². The third-order valence-corrected chi connectivity index (χ3v) is 4.95. The highest BCUT2D eigenvalue weighted by Gasteiger charge is 2.20. The lowest BCUT2D eigenvalue weighted by atomic mass is 10.0. The van der Waals surface area contributed by atoms with E-state index < -0.39 is 0 Å². The number of aryl methyl sites for hydroxylation is 1. The first kappa shape index (κ1) is 21.4. The Morgan fingerprint density at radius 2 is 1.77 bits per heavy atom. The van der Waals surface area contributed by atoms with Gasteiger partial charge in [-0.1, -0.05) is 41.1 Å². The van der Waals surface area contributed by atoms with E-state index in [9.17, 15) is 4.79 Å². The van der Waals surface area contributed by atoms with Crippen LogP contribution in [0.5, 0.6) is 11.5 Å². The number of ether oxygens (including phenoxy) is 2. The van der Waals surface area contributed by atoms with Crippen molar-refractivity contribution in [1.29, 1.82) is 0 Å². The van der Waals surface area contributed by atoms with Crippen LogP contribution in [0.4, 0.5) is 0 Å². The largest absolute Gasteiger partial charge is 0.493 e. The van der Waals surface area contributed by atoms with Crippen molar-refractivity contribution in [1.82, 2.24) is 15.4 Å². The molecule has 1 atom stereocenters. The van der Waals surface area contributed by atoms with Crippen molar-refractivity contribution in [3.8, 4) is 22.8 Å². The Hall–Kier alpha value is -3.32. The number of amides is 1. The summed E-state index contributed by atoms with van der Waals surface area (Å²) in [6.45, 7) is 2.41. The average Bonchev–Trinajstić information content (AvgIpc) is 3.24. The maximum Gasteiger partial charge on any atom is 0.273 e. The molecule has 0 radical (unpaired) electrons. The van der Waals surface area contributed by atoms with Gasteiger partial charge < -0.3 is 24.2 Å². The number of methoxy groups -OCH3 is 2. The Kier molecular flexibility index (Phi) is 6.74. The van der Waals surface area contributed by atoms with Crippen LogP contribution in [-0.4, -0.2) is 50.8 Å². The molecule has 0 aliphatic rings. The molecule has 0 aliphatic carbocycles. The monoisotopic (exact) mass is 409 g/mol. The van der Waals surface area contributed by atoms with Gasteiger partial charge in [0, 0.05) is 18.2 Å². The first-order chi connectivity index (χ1) is 14.4. The van der Waals surface area contributed by atoms with Crippen molar-refractivity contribution in [3.05, 3.63) is 65.4 Å². The quantitative estimate of drug-likeness (QED) is 0.611. The van der Waals surface area contributed by atoms with Crippen molar-refractivity contribution in [2.24, 2.45) is 0 Å². The molecule has 1 heterocycles. The van der Waals surface area contributed by atoms with Gasteiger partial charge in [-0.15, -0.1) is 0 Å². The van der Waals surface area contributed by atoms with Crippen molar-refractivity contribution in [2.75, 3.05) is 34.9 Å². The maximum atomic E-state index is 12.6. The molecule has 0 aliphatic heterocycles. The molecule has 158 valence electrons. The number of carbonyl (C=O) groups is 1. The summed E-state index contributed by atoms with van der Waals surface area (Å²) in [6, 6.07) is 15.2. The summed E-state index contributed by atoms with van der Waals surface area (Å²) in [6.07, 6.45) is 0. The fourth-order valence-electron chi connectivity index (χ4n) is 3.17. The number of carbonyl (C=O) groups excluding carboxylic acids is 1. The molecule has 1 aromatic heterocycles. The van der Waals surface area contributed by atoms with Gasteiger partial charge in [0.15, 0.2) is 23.0 Å². The van der Waals surface area contributed by atoms with E-state index in [0.29, 0.717) is 23.8 Å². The van der Waals surface area contributed by atoms with Gasteiger partial charge in [-0.3, -0.25) is 4.79 Å². The Labute approximate surface area is 176 Å². The van der Waals surface area contributed by atoms with Crippen molar-refractivity contribution in [3.63, 3.8) is 0 Å². The summed E-state index contributed by atoms with van der Waals surface area (Å²) < 4.78 is 16.1. The normalized spacial score (nSPS) is 11.9. The van der Waals surface area contributed by atoms with Crippen LogP contribution in [0.15, 0.2) is 53.1 Å².